The third kappa shape index (κ3) is 5.01. The molecular formula is C20H20N4O4S. The summed E-state index contributed by atoms with van der Waals surface area (Å²) >= 11 is 1.35. The van der Waals surface area contributed by atoms with Crippen LogP contribution in [0.4, 0.5) is 11.4 Å². The number of nitrogens with one attached hydrogen (secondary N) is 2. The molecule has 2 heterocycles. The Morgan fingerprint density at radius 1 is 1.14 bits per heavy atom. The van der Waals surface area contributed by atoms with Crippen LogP contribution in [0.1, 0.15) is 16.1 Å². The number of hydrogen-bond donors (Lipinski definition) is 2. The number of carbonyl (C=O) groups is 2. The molecule has 0 saturated carbocycles. The fraction of sp³-hybridized carbons (Fsp3) is 0.200. The number of ether oxygens (including phenoxy) is 1. The van der Waals surface area contributed by atoms with Gasteiger partial charge in [-0.2, -0.15) is 0 Å². The number of furan rings is 1. The number of hydrogen-bond acceptors (Lipinski definition) is 7. The molecule has 2 aromatic heterocycles. The van der Waals surface area contributed by atoms with E-state index in [1.807, 2.05) is 6.26 Å². The SMILES string of the molecule is COCC(=O)Nc1cccc(NC(=O)c2c(C)nc(-c3ccco3)nc2SC)c1. The summed E-state index contributed by atoms with van der Waals surface area (Å²) in [5.41, 5.74) is 2.02. The van der Waals surface area contributed by atoms with Gasteiger partial charge in [0.15, 0.2) is 11.6 Å². The minimum absolute atomic E-state index is 0.0494. The predicted molar refractivity (Wildman–Crippen MR) is 111 cm³/mol. The van der Waals surface area contributed by atoms with E-state index >= 15 is 0 Å². The normalized spacial score (nSPS) is 10.6. The van der Waals surface area contributed by atoms with Crippen LogP contribution < -0.4 is 10.6 Å². The van der Waals surface area contributed by atoms with Crippen molar-refractivity contribution in [2.75, 3.05) is 30.6 Å². The number of rotatable bonds is 7. The smallest absolute Gasteiger partial charge is 0.260 e. The van der Waals surface area contributed by atoms with Crippen molar-refractivity contribution in [1.82, 2.24) is 9.97 Å². The summed E-state index contributed by atoms with van der Waals surface area (Å²) in [7, 11) is 1.45. The predicted octanol–water partition coefficient (Wildman–Crippen LogP) is 3.60. The van der Waals surface area contributed by atoms with E-state index in [1.165, 1.54) is 18.9 Å². The fourth-order valence-corrected chi connectivity index (χ4v) is 3.29. The van der Waals surface area contributed by atoms with Gasteiger partial charge in [0.25, 0.3) is 5.91 Å². The van der Waals surface area contributed by atoms with Gasteiger partial charge in [-0.3, -0.25) is 9.59 Å². The average Bonchev–Trinajstić information content (AvgIpc) is 3.22. The van der Waals surface area contributed by atoms with Gasteiger partial charge in [-0.05, 0) is 43.5 Å². The maximum Gasteiger partial charge on any atom is 0.260 e. The summed E-state index contributed by atoms with van der Waals surface area (Å²) < 4.78 is 10.2. The van der Waals surface area contributed by atoms with Gasteiger partial charge >= 0.3 is 0 Å². The van der Waals surface area contributed by atoms with E-state index < -0.39 is 0 Å². The summed E-state index contributed by atoms with van der Waals surface area (Å²) in [6.45, 7) is 1.70. The van der Waals surface area contributed by atoms with Crippen LogP contribution in [-0.2, 0) is 9.53 Å². The van der Waals surface area contributed by atoms with E-state index in [4.69, 9.17) is 9.15 Å². The highest BCUT2D eigenvalue weighted by atomic mass is 32.2. The van der Waals surface area contributed by atoms with E-state index in [2.05, 4.69) is 20.6 Å². The first-order valence-electron chi connectivity index (χ1n) is 8.68. The Bertz CT molecular complexity index is 1020. The van der Waals surface area contributed by atoms with Gasteiger partial charge in [0.2, 0.25) is 5.91 Å². The molecule has 0 bridgehead atoms. The van der Waals surface area contributed by atoms with Crippen LogP contribution in [0.2, 0.25) is 0 Å². The number of aromatic nitrogens is 2. The van der Waals surface area contributed by atoms with Gasteiger partial charge in [-0.25, -0.2) is 9.97 Å². The van der Waals surface area contributed by atoms with Crippen LogP contribution >= 0.6 is 11.8 Å². The summed E-state index contributed by atoms with van der Waals surface area (Å²) in [5.74, 6) is 0.350. The van der Waals surface area contributed by atoms with Crippen molar-refractivity contribution in [2.24, 2.45) is 0 Å². The highest BCUT2D eigenvalue weighted by Gasteiger charge is 2.20. The molecule has 0 radical (unpaired) electrons. The van der Waals surface area contributed by atoms with Gasteiger partial charge < -0.3 is 19.8 Å². The molecule has 0 fully saturated rings. The lowest BCUT2D eigenvalue weighted by Crippen LogP contribution is -2.18. The molecule has 3 aromatic rings. The lowest BCUT2D eigenvalue weighted by molar-refractivity contribution is -0.119. The molecule has 0 aliphatic heterocycles. The Morgan fingerprint density at radius 2 is 1.90 bits per heavy atom. The van der Waals surface area contributed by atoms with Crippen LogP contribution in [0.15, 0.2) is 52.1 Å². The van der Waals surface area contributed by atoms with Crippen LogP contribution in [0.5, 0.6) is 0 Å². The van der Waals surface area contributed by atoms with Crippen molar-refractivity contribution in [3.05, 3.63) is 53.9 Å². The summed E-state index contributed by atoms with van der Waals surface area (Å²) in [4.78, 5) is 33.5. The second-order valence-corrected chi connectivity index (χ2v) is 6.81. The van der Waals surface area contributed by atoms with E-state index in [-0.39, 0.29) is 18.4 Å². The molecule has 0 aliphatic carbocycles. The average molecular weight is 412 g/mol. The summed E-state index contributed by atoms with van der Waals surface area (Å²) in [5, 5.41) is 6.08. The molecule has 2 N–H and O–H groups in total. The van der Waals surface area contributed by atoms with Crippen molar-refractivity contribution in [3.63, 3.8) is 0 Å². The molecule has 3 rings (SSSR count). The molecule has 9 heteroatoms. The van der Waals surface area contributed by atoms with Crippen LogP contribution in [0.25, 0.3) is 11.6 Å². The van der Waals surface area contributed by atoms with Crippen molar-refractivity contribution in [2.45, 2.75) is 11.9 Å². The first-order valence-corrected chi connectivity index (χ1v) is 9.91. The quantitative estimate of drug-likeness (QED) is 0.451. The Morgan fingerprint density at radius 3 is 2.55 bits per heavy atom. The van der Waals surface area contributed by atoms with E-state index in [0.717, 1.165) is 0 Å². The van der Waals surface area contributed by atoms with Gasteiger partial charge in [0.1, 0.15) is 11.6 Å². The second-order valence-electron chi connectivity index (χ2n) is 6.01. The molecule has 0 aliphatic rings. The molecule has 29 heavy (non-hydrogen) atoms. The number of methoxy groups -OCH3 is 1. The highest BCUT2D eigenvalue weighted by Crippen LogP contribution is 2.26. The molecule has 1 aromatic carbocycles. The number of thioether (sulfide) groups is 1. The number of benzene rings is 1. The molecule has 0 saturated heterocycles. The molecule has 2 amide bonds. The number of carbonyl (C=O) groups excluding carboxylic acids is 2. The largest absolute Gasteiger partial charge is 0.461 e. The molecule has 0 spiro atoms. The number of amides is 2. The van der Waals surface area contributed by atoms with E-state index in [1.54, 1.807) is 49.6 Å². The van der Waals surface area contributed by atoms with Gasteiger partial charge in [-0.1, -0.05) is 6.07 Å². The minimum atomic E-state index is -0.335. The van der Waals surface area contributed by atoms with Crippen molar-refractivity contribution < 1.29 is 18.7 Å². The molecular weight excluding hydrogens is 392 g/mol. The Hall–Kier alpha value is -3.17. The van der Waals surface area contributed by atoms with Gasteiger partial charge in [0, 0.05) is 18.5 Å². The Kier molecular flexibility index (Phi) is 6.63. The van der Waals surface area contributed by atoms with Crippen LogP contribution in [-0.4, -0.2) is 41.8 Å². The zero-order chi connectivity index (χ0) is 20.8. The van der Waals surface area contributed by atoms with Crippen molar-refractivity contribution in [3.8, 4) is 11.6 Å². The molecule has 0 atom stereocenters. The van der Waals surface area contributed by atoms with Crippen LogP contribution in [0, 0.1) is 6.92 Å². The number of anilines is 2. The van der Waals surface area contributed by atoms with E-state index in [9.17, 15) is 9.59 Å². The highest BCUT2D eigenvalue weighted by molar-refractivity contribution is 7.98. The molecule has 150 valence electrons. The first-order chi connectivity index (χ1) is 14.0. The van der Waals surface area contributed by atoms with Gasteiger partial charge in [0.05, 0.1) is 17.5 Å². The summed E-state index contributed by atoms with van der Waals surface area (Å²) in [6, 6.07) is 10.4. The monoisotopic (exact) mass is 412 g/mol. The standard InChI is InChI=1S/C20H20N4O4S/c1-12-17(20(29-3)24-18(21-12)15-8-5-9-28-15)19(26)23-14-7-4-6-13(10-14)22-16(25)11-27-2/h4-10H,11H2,1-3H3,(H,22,25)(H,23,26). The second kappa shape index (κ2) is 9.35. The third-order valence-electron chi connectivity index (χ3n) is 3.90. The fourth-order valence-electron chi connectivity index (χ4n) is 2.67. The zero-order valence-corrected chi connectivity index (χ0v) is 17.0. The topological polar surface area (TPSA) is 106 Å². The lowest BCUT2D eigenvalue weighted by atomic mass is 10.2. The first kappa shape index (κ1) is 20.6. The number of nitrogens with zero attached hydrogens (tertiary/aromatic N) is 2. The van der Waals surface area contributed by atoms with Crippen molar-refractivity contribution >= 4 is 35.0 Å². The summed E-state index contributed by atoms with van der Waals surface area (Å²) in [6.07, 6.45) is 3.39. The third-order valence-corrected chi connectivity index (χ3v) is 4.58. The molecule has 0 unspecified atom stereocenters. The number of aryl methyl sites for hydroxylation is 1. The molecule has 8 nitrogen and oxygen atoms in total. The maximum atomic E-state index is 12.9. The van der Waals surface area contributed by atoms with Crippen LogP contribution in [0.3, 0.4) is 0 Å². The Labute approximate surface area is 172 Å². The maximum absolute atomic E-state index is 12.9. The minimum Gasteiger partial charge on any atom is -0.461 e. The zero-order valence-electron chi connectivity index (χ0n) is 16.2. The van der Waals surface area contributed by atoms with Crippen molar-refractivity contribution in [1.29, 1.82) is 0 Å². The van der Waals surface area contributed by atoms with E-state index in [0.29, 0.717) is 39.2 Å². The van der Waals surface area contributed by atoms with Gasteiger partial charge in [-0.15, -0.1) is 11.8 Å². The lowest BCUT2D eigenvalue weighted by Gasteiger charge is -2.12. The Balaban J connectivity index is 1.83.